The van der Waals surface area contributed by atoms with Gasteiger partial charge in [-0.3, -0.25) is 0 Å². The Labute approximate surface area is 183 Å². The number of thioether (sulfide) groups is 1. The number of halogens is 3. The number of nitrogens with zero attached hydrogens (tertiary/aromatic N) is 3. The van der Waals surface area contributed by atoms with Crippen LogP contribution >= 0.6 is 11.8 Å². The van der Waals surface area contributed by atoms with Gasteiger partial charge in [-0.05, 0) is 47.9 Å². The van der Waals surface area contributed by atoms with E-state index in [0.29, 0.717) is 5.75 Å². The Morgan fingerprint density at radius 3 is 2.68 bits per heavy atom. The lowest BCUT2D eigenvalue weighted by atomic mass is 10.1. The molecular weight excluding hydrogens is 423 g/mol. The molecule has 2 aromatic carbocycles. The Kier molecular flexibility index (Phi) is 6.76. The predicted molar refractivity (Wildman–Crippen MR) is 117 cm³/mol. The number of rotatable bonds is 5. The van der Waals surface area contributed by atoms with Gasteiger partial charge >= 0.3 is 6.18 Å². The fourth-order valence-electron chi connectivity index (χ4n) is 2.91. The highest BCUT2D eigenvalue weighted by molar-refractivity contribution is 8.13. The first-order chi connectivity index (χ1) is 14.7. The summed E-state index contributed by atoms with van der Waals surface area (Å²) in [6, 6.07) is 11.7. The van der Waals surface area contributed by atoms with Gasteiger partial charge in [0.15, 0.2) is 5.17 Å². The molecule has 4 nitrogen and oxygen atoms in total. The van der Waals surface area contributed by atoms with Crippen molar-refractivity contribution in [1.82, 2.24) is 4.90 Å². The third-order valence-corrected chi connectivity index (χ3v) is 5.67. The Morgan fingerprint density at radius 1 is 1.23 bits per heavy atom. The van der Waals surface area contributed by atoms with Crippen molar-refractivity contribution in [3.63, 3.8) is 0 Å². The molecule has 0 saturated carbocycles. The first-order valence-corrected chi connectivity index (χ1v) is 10.4. The van der Waals surface area contributed by atoms with Gasteiger partial charge in [0.1, 0.15) is 17.6 Å². The highest BCUT2D eigenvalue weighted by Gasteiger charge is 2.30. The van der Waals surface area contributed by atoms with Crippen molar-refractivity contribution in [2.75, 3.05) is 7.05 Å². The average Bonchev–Trinajstić information content (AvgIpc) is 2.74. The fourth-order valence-corrected chi connectivity index (χ4v) is 3.82. The Morgan fingerprint density at radius 2 is 2.00 bits per heavy atom. The van der Waals surface area contributed by atoms with Crippen molar-refractivity contribution in [3.8, 4) is 17.6 Å². The number of aliphatic imine (C=N–C) groups is 1. The zero-order chi connectivity index (χ0) is 22.6. The molecule has 0 N–H and O–H groups in total. The van der Waals surface area contributed by atoms with E-state index in [-0.39, 0.29) is 17.1 Å². The summed E-state index contributed by atoms with van der Waals surface area (Å²) >= 11 is 1.50. The number of ether oxygens (including phenoxy) is 1. The summed E-state index contributed by atoms with van der Waals surface area (Å²) in [6.45, 7) is 6.03. The quantitative estimate of drug-likeness (QED) is 0.515. The number of allylic oxidation sites excluding steroid dienone is 1. The van der Waals surface area contributed by atoms with E-state index in [1.807, 2.05) is 31.1 Å². The summed E-state index contributed by atoms with van der Waals surface area (Å²) in [5.41, 5.74) is 2.12. The zero-order valence-electron chi connectivity index (χ0n) is 17.0. The maximum atomic E-state index is 12.9. The smallest absolute Gasteiger partial charge is 0.416 e. The lowest BCUT2D eigenvalue weighted by molar-refractivity contribution is -0.137. The standard InChI is InChI=1S/C23H20F3N3OS/c1-4-17-13-29(3)22(28-15(17)2)31-14-16-8-9-21(18(10-16)12-27)30-20-7-5-6-19(11-20)23(24,25)26/h5-11,13H,2,4,14H2,1,3H3. The second-order valence-electron chi connectivity index (χ2n) is 6.82. The first-order valence-electron chi connectivity index (χ1n) is 9.43. The molecule has 2 aromatic rings. The Hall–Kier alpha value is -3.18. The molecular formula is C23H20F3N3OS. The number of hydrogen-bond donors (Lipinski definition) is 0. The SMILES string of the molecule is C=C1N=C(SCc2ccc(Oc3cccc(C(F)(F)F)c3)c(C#N)c2)N(C)C=C1CC. The molecule has 1 heterocycles. The van der Waals surface area contributed by atoms with Crippen LogP contribution in [0.3, 0.4) is 0 Å². The monoisotopic (exact) mass is 443 g/mol. The van der Waals surface area contributed by atoms with Crippen LogP contribution in [0.15, 0.2) is 71.5 Å². The summed E-state index contributed by atoms with van der Waals surface area (Å²) in [5, 5.41) is 10.3. The zero-order valence-corrected chi connectivity index (χ0v) is 17.8. The van der Waals surface area contributed by atoms with Crippen LogP contribution in [0.25, 0.3) is 0 Å². The molecule has 0 bridgehead atoms. The minimum Gasteiger partial charge on any atom is -0.456 e. The molecule has 0 saturated heterocycles. The average molecular weight is 443 g/mol. The first kappa shape index (κ1) is 22.5. The van der Waals surface area contributed by atoms with Gasteiger partial charge < -0.3 is 9.64 Å². The number of alkyl halides is 3. The molecule has 0 amide bonds. The third kappa shape index (κ3) is 5.50. The van der Waals surface area contributed by atoms with Gasteiger partial charge in [-0.1, -0.05) is 37.4 Å². The van der Waals surface area contributed by atoms with E-state index in [0.717, 1.165) is 40.6 Å². The Balaban J connectivity index is 1.73. The van der Waals surface area contributed by atoms with Crippen LogP contribution in [-0.2, 0) is 11.9 Å². The van der Waals surface area contributed by atoms with Gasteiger partial charge in [0.25, 0.3) is 0 Å². The van der Waals surface area contributed by atoms with Gasteiger partial charge in [-0.2, -0.15) is 18.4 Å². The van der Waals surface area contributed by atoms with Crippen molar-refractivity contribution >= 4 is 16.9 Å². The molecule has 0 radical (unpaired) electrons. The molecule has 0 atom stereocenters. The van der Waals surface area contributed by atoms with Gasteiger partial charge in [-0.15, -0.1) is 0 Å². The van der Waals surface area contributed by atoms with Gasteiger partial charge in [-0.25, -0.2) is 4.99 Å². The Bertz CT molecular complexity index is 1100. The highest BCUT2D eigenvalue weighted by atomic mass is 32.2. The van der Waals surface area contributed by atoms with Crippen molar-refractivity contribution in [2.24, 2.45) is 4.99 Å². The summed E-state index contributed by atoms with van der Waals surface area (Å²) < 4.78 is 44.3. The van der Waals surface area contributed by atoms with E-state index in [1.165, 1.54) is 23.9 Å². The van der Waals surface area contributed by atoms with Crippen LogP contribution in [0.4, 0.5) is 13.2 Å². The molecule has 0 unspecified atom stereocenters. The van der Waals surface area contributed by atoms with Gasteiger partial charge in [0.05, 0.1) is 16.8 Å². The van der Waals surface area contributed by atoms with Crippen LogP contribution in [0.1, 0.15) is 30.0 Å². The van der Waals surface area contributed by atoms with Gasteiger partial charge in [0, 0.05) is 19.0 Å². The molecule has 0 aliphatic carbocycles. The molecule has 160 valence electrons. The van der Waals surface area contributed by atoms with Crippen LogP contribution in [0, 0.1) is 11.3 Å². The summed E-state index contributed by atoms with van der Waals surface area (Å²) in [7, 11) is 1.92. The third-order valence-electron chi connectivity index (χ3n) is 4.55. The molecule has 0 spiro atoms. The molecule has 0 aromatic heterocycles. The lowest BCUT2D eigenvalue weighted by Gasteiger charge is -2.23. The van der Waals surface area contributed by atoms with E-state index in [9.17, 15) is 18.4 Å². The highest BCUT2D eigenvalue weighted by Crippen LogP contribution is 2.34. The minimum absolute atomic E-state index is 0.0173. The van der Waals surface area contributed by atoms with Gasteiger partial charge in [0.2, 0.25) is 0 Å². The van der Waals surface area contributed by atoms with Crippen molar-refractivity contribution in [3.05, 3.63) is 83.2 Å². The molecule has 8 heteroatoms. The second kappa shape index (κ2) is 9.31. The summed E-state index contributed by atoms with van der Waals surface area (Å²) in [6.07, 6.45) is -1.61. The largest absolute Gasteiger partial charge is 0.456 e. The van der Waals surface area contributed by atoms with Crippen LogP contribution in [0.5, 0.6) is 11.5 Å². The van der Waals surface area contributed by atoms with Crippen LogP contribution in [-0.4, -0.2) is 17.1 Å². The molecule has 31 heavy (non-hydrogen) atoms. The maximum Gasteiger partial charge on any atom is 0.416 e. The normalized spacial score (nSPS) is 14.1. The summed E-state index contributed by atoms with van der Waals surface area (Å²) in [4.78, 5) is 6.47. The predicted octanol–water partition coefficient (Wildman–Crippen LogP) is 6.71. The number of amidine groups is 1. The van der Waals surface area contributed by atoms with Crippen molar-refractivity contribution in [2.45, 2.75) is 25.3 Å². The maximum absolute atomic E-state index is 12.9. The van der Waals surface area contributed by atoms with E-state index in [2.05, 4.69) is 11.6 Å². The molecule has 1 aliphatic heterocycles. The fraction of sp³-hybridized carbons (Fsp3) is 0.217. The molecule has 0 fully saturated rings. The molecule has 1 aliphatic rings. The lowest BCUT2D eigenvalue weighted by Crippen LogP contribution is -2.22. The van der Waals surface area contributed by atoms with Crippen molar-refractivity contribution < 1.29 is 17.9 Å². The number of hydrogen-bond acceptors (Lipinski definition) is 5. The van der Waals surface area contributed by atoms with E-state index in [4.69, 9.17) is 4.74 Å². The number of nitriles is 1. The minimum atomic E-state index is -4.47. The van der Waals surface area contributed by atoms with E-state index >= 15 is 0 Å². The van der Waals surface area contributed by atoms with E-state index < -0.39 is 11.7 Å². The topological polar surface area (TPSA) is 48.6 Å². The number of benzene rings is 2. The van der Waals surface area contributed by atoms with E-state index in [1.54, 1.807) is 18.2 Å². The van der Waals surface area contributed by atoms with Crippen LogP contribution in [0.2, 0.25) is 0 Å². The molecule has 3 rings (SSSR count). The van der Waals surface area contributed by atoms with Crippen LogP contribution < -0.4 is 4.74 Å². The second-order valence-corrected chi connectivity index (χ2v) is 7.76. The van der Waals surface area contributed by atoms with Crippen molar-refractivity contribution in [1.29, 1.82) is 5.26 Å². The summed E-state index contributed by atoms with van der Waals surface area (Å²) in [5.74, 6) is 0.778.